The molecule has 0 radical (unpaired) electrons. The van der Waals surface area contributed by atoms with E-state index in [2.05, 4.69) is 11.9 Å². The highest BCUT2D eigenvalue weighted by Crippen LogP contribution is 2.14. The molecule has 0 spiro atoms. The second-order valence-corrected chi connectivity index (χ2v) is 3.71. The van der Waals surface area contributed by atoms with Gasteiger partial charge in [-0.25, -0.2) is 4.79 Å². The van der Waals surface area contributed by atoms with Gasteiger partial charge >= 0.3 is 5.69 Å². The van der Waals surface area contributed by atoms with E-state index in [9.17, 15) is 4.79 Å². The van der Waals surface area contributed by atoms with E-state index in [1.54, 1.807) is 10.6 Å². The summed E-state index contributed by atoms with van der Waals surface area (Å²) in [4.78, 5) is 14.4. The Morgan fingerprint density at radius 1 is 1.47 bits per heavy atom. The standard InChI is InChI=1S/C11H15N3O/c1-2-3-6-14-10-7-8(12)4-5-9(10)13-11(14)15/h4-5,7H,2-3,6,12H2,1H3,(H,13,15). The number of aromatic nitrogens is 2. The molecule has 4 nitrogen and oxygen atoms in total. The summed E-state index contributed by atoms with van der Waals surface area (Å²) in [5.41, 5.74) is 8.09. The molecule has 1 heterocycles. The second-order valence-electron chi connectivity index (χ2n) is 3.71. The zero-order valence-electron chi connectivity index (χ0n) is 8.79. The monoisotopic (exact) mass is 205 g/mol. The van der Waals surface area contributed by atoms with Crippen molar-refractivity contribution in [1.82, 2.24) is 9.55 Å². The van der Waals surface area contributed by atoms with Gasteiger partial charge in [-0.2, -0.15) is 0 Å². The van der Waals surface area contributed by atoms with Gasteiger partial charge in [0.25, 0.3) is 0 Å². The Morgan fingerprint density at radius 3 is 3.00 bits per heavy atom. The molecule has 1 aromatic heterocycles. The Balaban J connectivity index is 2.55. The molecule has 1 aromatic carbocycles. The normalized spacial score (nSPS) is 11.0. The number of nitrogen functional groups attached to an aromatic ring is 1. The summed E-state index contributed by atoms with van der Waals surface area (Å²) in [7, 11) is 0. The molecule has 4 heteroatoms. The van der Waals surface area contributed by atoms with Crippen LogP contribution >= 0.6 is 0 Å². The fourth-order valence-electron chi connectivity index (χ4n) is 1.71. The lowest BCUT2D eigenvalue weighted by Crippen LogP contribution is -2.16. The number of nitrogens with zero attached hydrogens (tertiary/aromatic N) is 1. The minimum Gasteiger partial charge on any atom is -0.399 e. The van der Waals surface area contributed by atoms with Crippen molar-refractivity contribution in [2.24, 2.45) is 0 Å². The van der Waals surface area contributed by atoms with Crippen molar-refractivity contribution in [2.45, 2.75) is 26.3 Å². The van der Waals surface area contributed by atoms with Crippen molar-refractivity contribution in [1.29, 1.82) is 0 Å². The van der Waals surface area contributed by atoms with Crippen LogP contribution in [-0.2, 0) is 6.54 Å². The third-order valence-electron chi connectivity index (χ3n) is 2.53. The Bertz CT molecular complexity index is 524. The maximum absolute atomic E-state index is 11.6. The molecule has 0 unspecified atom stereocenters. The van der Waals surface area contributed by atoms with Crippen LogP contribution in [0.5, 0.6) is 0 Å². The van der Waals surface area contributed by atoms with Gasteiger partial charge in [0.05, 0.1) is 11.0 Å². The van der Waals surface area contributed by atoms with Gasteiger partial charge in [0, 0.05) is 12.2 Å². The van der Waals surface area contributed by atoms with Gasteiger partial charge in [0.1, 0.15) is 0 Å². The van der Waals surface area contributed by atoms with Gasteiger partial charge in [0.15, 0.2) is 0 Å². The Hall–Kier alpha value is -1.71. The van der Waals surface area contributed by atoms with E-state index < -0.39 is 0 Å². The Labute approximate surface area is 87.7 Å². The molecule has 2 aromatic rings. The second kappa shape index (κ2) is 3.81. The largest absolute Gasteiger partial charge is 0.399 e. The lowest BCUT2D eigenvalue weighted by molar-refractivity contribution is 0.629. The van der Waals surface area contributed by atoms with E-state index in [0.717, 1.165) is 30.4 Å². The fourth-order valence-corrected chi connectivity index (χ4v) is 1.71. The third-order valence-corrected chi connectivity index (χ3v) is 2.53. The number of hydrogen-bond acceptors (Lipinski definition) is 2. The molecule has 80 valence electrons. The molecule has 0 aliphatic rings. The molecule has 0 saturated carbocycles. The molecule has 0 atom stereocenters. The lowest BCUT2D eigenvalue weighted by atomic mass is 10.2. The number of benzene rings is 1. The number of H-pyrrole nitrogens is 1. The van der Waals surface area contributed by atoms with E-state index in [0.29, 0.717) is 5.69 Å². The van der Waals surface area contributed by atoms with Crippen LogP contribution in [0.4, 0.5) is 5.69 Å². The number of unbranched alkanes of at least 4 members (excludes halogenated alkanes) is 1. The molecule has 0 amide bonds. The number of aryl methyl sites for hydroxylation is 1. The first-order valence-electron chi connectivity index (χ1n) is 5.20. The molecule has 0 aliphatic carbocycles. The summed E-state index contributed by atoms with van der Waals surface area (Å²) in [6.07, 6.45) is 2.07. The minimum atomic E-state index is -0.0518. The molecule has 0 aliphatic heterocycles. The van der Waals surface area contributed by atoms with Crippen molar-refractivity contribution >= 4 is 16.7 Å². The van der Waals surface area contributed by atoms with E-state index in [1.165, 1.54) is 0 Å². The van der Waals surface area contributed by atoms with E-state index in [1.807, 2.05) is 12.1 Å². The van der Waals surface area contributed by atoms with Gasteiger partial charge in [-0.15, -0.1) is 0 Å². The summed E-state index contributed by atoms with van der Waals surface area (Å²) in [6, 6.07) is 5.47. The number of anilines is 1. The summed E-state index contributed by atoms with van der Waals surface area (Å²) >= 11 is 0. The fraction of sp³-hybridized carbons (Fsp3) is 0.364. The van der Waals surface area contributed by atoms with Gasteiger partial charge in [-0.05, 0) is 24.6 Å². The Kier molecular flexibility index (Phi) is 2.49. The lowest BCUT2D eigenvalue weighted by Gasteiger charge is -2.01. The number of rotatable bonds is 3. The highest BCUT2D eigenvalue weighted by molar-refractivity contribution is 5.78. The molecule has 0 saturated heterocycles. The number of nitrogens with two attached hydrogens (primary N) is 1. The topological polar surface area (TPSA) is 63.8 Å². The van der Waals surface area contributed by atoms with Gasteiger partial charge in [-0.3, -0.25) is 4.57 Å². The highest BCUT2D eigenvalue weighted by atomic mass is 16.1. The number of imidazole rings is 1. The first kappa shape index (κ1) is 9.83. The van der Waals surface area contributed by atoms with Gasteiger partial charge < -0.3 is 10.7 Å². The number of nitrogens with one attached hydrogen (secondary N) is 1. The van der Waals surface area contributed by atoms with Crippen molar-refractivity contribution in [3.05, 3.63) is 28.7 Å². The van der Waals surface area contributed by atoms with Crippen LogP contribution in [0.15, 0.2) is 23.0 Å². The molecular weight excluding hydrogens is 190 g/mol. The number of hydrogen-bond donors (Lipinski definition) is 2. The first-order chi connectivity index (χ1) is 7.22. The number of fused-ring (bicyclic) bond motifs is 1. The Morgan fingerprint density at radius 2 is 2.27 bits per heavy atom. The molecule has 2 rings (SSSR count). The van der Waals surface area contributed by atoms with E-state index in [-0.39, 0.29) is 5.69 Å². The average molecular weight is 205 g/mol. The summed E-state index contributed by atoms with van der Waals surface area (Å²) < 4.78 is 1.75. The predicted molar refractivity (Wildman–Crippen MR) is 61.9 cm³/mol. The van der Waals surface area contributed by atoms with Crippen LogP contribution < -0.4 is 11.4 Å². The average Bonchev–Trinajstić information content (AvgIpc) is 2.51. The predicted octanol–water partition coefficient (Wildman–Crippen LogP) is 1.71. The smallest absolute Gasteiger partial charge is 0.326 e. The first-order valence-corrected chi connectivity index (χ1v) is 5.20. The quantitative estimate of drug-likeness (QED) is 0.749. The highest BCUT2D eigenvalue weighted by Gasteiger charge is 2.05. The minimum absolute atomic E-state index is 0.0518. The van der Waals surface area contributed by atoms with Crippen molar-refractivity contribution < 1.29 is 0 Å². The molecule has 15 heavy (non-hydrogen) atoms. The summed E-state index contributed by atoms with van der Waals surface area (Å²) in [5.74, 6) is 0. The van der Waals surface area contributed by atoms with E-state index in [4.69, 9.17) is 5.73 Å². The van der Waals surface area contributed by atoms with Gasteiger partial charge in [0.2, 0.25) is 0 Å². The van der Waals surface area contributed by atoms with E-state index >= 15 is 0 Å². The van der Waals surface area contributed by atoms with Crippen LogP contribution in [0, 0.1) is 0 Å². The van der Waals surface area contributed by atoms with Crippen LogP contribution in [0.2, 0.25) is 0 Å². The number of aromatic amines is 1. The van der Waals surface area contributed by atoms with Crippen LogP contribution in [0.3, 0.4) is 0 Å². The maximum Gasteiger partial charge on any atom is 0.326 e. The van der Waals surface area contributed by atoms with Gasteiger partial charge in [-0.1, -0.05) is 13.3 Å². The zero-order valence-corrected chi connectivity index (χ0v) is 8.79. The molecule has 0 bridgehead atoms. The third kappa shape index (κ3) is 1.75. The van der Waals surface area contributed by atoms with Crippen LogP contribution in [0.25, 0.3) is 11.0 Å². The molecule has 0 fully saturated rings. The maximum atomic E-state index is 11.6. The molecule has 3 N–H and O–H groups in total. The summed E-state index contributed by atoms with van der Waals surface area (Å²) in [5, 5.41) is 0. The van der Waals surface area contributed by atoms with Crippen molar-refractivity contribution in [3.63, 3.8) is 0 Å². The molecular formula is C11H15N3O. The van der Waals surface area contributed by atoms with Crippen LogP contribution in [0.1, 0.15) is 19.8 Å². The SMILES string of the molecule is CCCCn1c(=O)[nH]c2ccc(N)cc21. The zero-order chi connectivity index (χ0) is 10.8. The van der Waals surface area contributed by atoms with Crippen LogP contribution in [-0.4, -0.2) is 9.55 Å². The van der Waals surface area contributed by atoms with Crippen molar-refractivity contribution in [3.8, 4) is 0 Å². The summed E-state index contributed by atoms with van der Waals surface area (Å²) in [6.45, 7) is 2.85. The van der Waals surface area contributed by atoms with Crippen molar-refractivity contribution in [2.75, 3.05) is 5.73 Å².